The summed E-state index contributed by atoms with van der Waals surface area (Å²) in [5.74, 6) is 0.707. The van der Waals surface area contributed by atoms with E-state index in [1.165, 1.54) is 24.8 Å². The molecule has 0 bridgehead atoms. The molecule has 2 rings (SSSR count). The number of ether oxygens (including phenoxy) is 1. The Morgan fingerprint density at radius 2 is 2.00 bits per heavy atom. The molecule has 0 saturated carbocycles. The van der Waals surface area contributed by atoms with Crippen molar-refractivity contribution in [3.05, 3.63) is 22.2 Å². The first-order chi connectivity index (χ1) is 9.47. The second kappa shape index (κ2) is 6.35. The van der Waals surface area contributed by atoms with Crippen LogP contribution in [0, 0.1) is 5.41 Å². The second-order valence-corrected chi connectivity index (χ2v) is 6.92. The zero-order chi connectivity index (χ0) is 14.8. The van der Waals surface area contributed by atoms with E-state index in [1.54, 1.807) is 7.11 Å². The fourth-order valence-electron chi connectivity index (χ4n) is 2.74. The number of nitrogens with zero attached hydrogens (tertiary/aromatic N) is 1. The molecule has 1 aliphatic rings. The number of hydrogen-bond donors (Lipinski definition) is 1. The van der Waals surface area contributed by atoms with Crippen LogP contribution < -0.4 is 4.74 Å². The van der Waals surface area contributed by atoms with Crippen molar-refractivity contribution < 1.29 is 9.84 Å². The van der Waals surface area contributed by atoms with Gasteiger partial charge in [0, 0.05) is 6.54 Å². The number of phenolic OH excluding ortho intramolecular Hbond substituents is 1. The van der Waals surface area contributed by atoms with Crippen LogP contribution in [0.2, 0.25) is 0 Å². The molecule has 1 aromatic rings. The van der Waals surface area contributed by atoms with Gasteiger partial charge in [0.15, 0.2) is 11.5 Å². The molecule has 0 amide bonds. The molecule has 1 heterocycles. The fourth-order valence-corrected chi connectivity index (χ4v) is 3.23. The van der Waals surface area contributed by atoms with E-state index < -0.39 is 0 Å². The first-order valence-corrected chi connectivity index (χ1v) is 8.04. The molecule has 0 aliphatic carbocycles. The Morgan fingerprint density at radius 3 is 2.55 bits per heavy atom. The van der Waals surface area contributed by atoms with Gasteiger partial charge in [0.25, 0.3) is 0 Å². The molecule has 1 aromatic carbocycles. The fraction of sp³-hybridized carbons (Fsp3) is 0.625. The third-order valence-corrected chi connectivity index (χ3v) is 5.24. The Kier molecular flexibility index (Phi) is 4.97. The number of benzene rings is 1. The van der Waals surface area contributed by atoms with Gasteiger partial charge < -0.3 is 9.84 Å². The average molecular weight is 342 g/mol. The van der Waals surface area contributed by atoms with Gasteiger partial charge in [-0.25, -0.2) is 0 Å². The van der Waals surface area contributed by atoms with E-state index in [4.69, 9.17) is 4.74 Å². The van der Waals surface area contributed by atoms with E-state index in [0.29, 0.717) is 15.6 Å². The third kappa shape index (κ3) is 3.47. The normalized spacial score (nSPS) is 19.0. The Morgan fingerprint density at radius 1 is 1.35 bits per heavy atom. The molecule has 4 heteroatoms. The summed E-state index contributed by atoms with van der Waals surface area (Å²) in [4.78, 5) is 2.48. The minimum absolute atomic E-state index is 0.174. The van der Waals surface area contributed by atoms with E-state index in [1.807, 2.05) is 12.1 Å². The number of halogens is 1. The molecule has 1 fully saturated rings. The highest BCUT2D eigenvalue weighted by Crippen LogP contribution is 2.37. The van der Waals surface area contributed by atoms with Gasteiger partial charge in [0.05, 0.1) is 11.6 Å². The first-order valence-electron chi connectivity index (χ1n) is 7.25. The van der Waals surface area contributed by atoms with Crippen molar-refractivity contribution in [3.63, 3.8) is 0 Å². The number of hydrogen-bond acceptors (Lipinski definition) is 3. The van der Waals surface area contributed by atoms with Crippen LogP contribution in [0.1, 0.15) is 38.7 Å². The van der Waals surface area contributed by atoms with Gasteiger partial charge in [-0.15, -0.1) is 0 Å². The van der Waals surface area contributed by atoms with E-state index >= 15 is 0 Å². The molecular formula is C16H24BrNO2. The zero-order valence-corrected chi connectivity index (χ0v) is 14.2. The number of piperidine rings is 1. The summed E-state index contributed by atoms with van der Waals surface area (Å²) in [6.45, 7) is 7.88. The molecule has 0 radical (unpaired) electrons. The Labute approximate surface area is 130 Å². The van der Waals surface area contributed by atoms with E-state index in [0.717, 1.165) is 19.6 Å². The van der Waals surface area contributed by atoms with Crippen LogP contribution in [0.5, 0.6) is 11.5 Å². The van der Waals surface area contributed by atoms with Gasteiger partial charge in [-0.05, 0) is 65.0 Å². The quantitative estimate of drug-likeness (QED) is 0.891. The van der Waals surface area contributed by atoms with E-state index in [9.17, 15) is 5.11 Å². The predicted octanol–water partition coefficient (Wildman–Crippen LogP) is 4.18. The molecule has 20 heavy (non-hydrogen) atoms. The molecule has 3 nitrogen and oxygen atoms in total. The number of phenols is 1. The smallest absolute Gasteiger partial charge is 0.172 e. The summed E-state index contributed by atoms with van der Waals surface area (Å²) in [6, 6.07) is 3.90. The van der Waals surface area contributed by atoms with Crippen molar-refractivity contribution in [3.8, 4) is 11.5 Å². The summed E-state index contributed by atoms with van der Waals surface area (Å²) in [5, 5.41) is 9.84. The van der Waals surface area contributed by atoms with Crippen molar-refractivity contribution in [2.75, 3.05) is 20.2 Å². The Bertz CT molecular complexity index is 468. The lowest BCUT2D eigenvalue weighted by Gasteiger charge is -2.39. The lowest BCUT2D eigenvalue weighted by atomic mass is 9.78. The molecule has 1 aliphatic heterocycles. The number of aromatic hydroxyl groups is 1. The molecule has 0 aromatic heterocycles. The van der Waals surface area contributed by atoms with Crippen LogP contribution in [0.4, 0.5) is 0 Å². The van der Waals surface area contributed by atoms with Crippen molar-refractivity contribution in [2.24, 2.45) is 5.41 Å². The monoisotopic (exact) mass is 341 g/mol. The average Bonchev–Trinajstić information content (AvgIpc) is 2.45. The van der Waals surface area contributed by atoms with Crippen LogP contribution in [0.3, 0.4) is 0 Å². The van der Waals surface area contributed by atoms with Gasteiger partial charge in [-0.1, -0.05) is 20.3 Å². The van der Waals surface area contributed by atoms with Gasteiger partial charge in [0.2, 0.25) is 0 Å². The number of likely N-dealkylation sites (tertiary alicyclic amines) is 1. The van der Waals surface area contributed by atoms with Crippen LogP contribution >= 0.6 is 15.9 Å². The Hall–Kier alpha value is -0.740. The topological polar surface area (TPSA) is 32.7 Å². The molecule has 112 valence electrons. The largest absolute Gasteiger partial charge is 0.503 e. The van der Waals surface area contributed by atoms with Crippen LogP contribution in [-0.2, 0) is 6.54 Å². The molecule has 0 atom stereocenters. The summed E-state index contributed by atoms with van der Waals surface area (Å²) in [5.41, 5.74) is 1.69. The highest BCUT2D eigenvalue weighted by Gasteiger charge is 2.28. The predicted molar refractivity (Wildman–Crippen MR) is 85.3 cm³/mol. The minimum Gasteiger partial charge on any atom is -0.503 e. The molecule has 0 unspecified atom stereocenters. The number of rotatable bonds is 4. The van der Waals surface area contributed by atoms with Gasteiger partial charge in [0.1, 0.15) is 0 Å². The summed E-state index contributed by atoms with van der Waals surface area (Å²) in [6.07, 6.45) is 3.79. The van der Waals surface area contributed by atoms with Gasteiger partial charge >= 0.3 is 0 Å². The van der Waals surface area contributed by atoms with Crippen molar-refractivity contribution >= 4 is 15.9 Å². The Balaban J connectivity index is 2.03. The maximum Gasteiger partial charge on any atom is 0.172 e. The number of methoxy groups -OCH3 is 1. The highest BCUT2D eigenvalue weighted by molar-refractivity contribution is 9.10. The maximum absolute atomic E-state index is 9.84. The highest BCUT2D eigenvalue weighted by atomic mass is 79.9. The third-order valence-electron chi connectivity index (χ3n) is 4.63. The molecule has 0 spiro atoms. The van der Waals surface area contributed by atoms with Crippen molar-refractivity contribution in [1.29, 1.82) is 0 Å². The van der Waals surface area contributed by atoms with E-state index in [-0.39, 0.29) is 5.75 Å². The van der Waals surface area contributed by atoms with Gasteiger partial charge in [-0.3, -0.25) is 4.90 Å². The van der Waals surface area contributed by atoms with Crippen LogP contribution in [0.15, 0.2) is 16.6 Å². The molecule has 1 saturated heterocycles. The lowest BCUT2D eigenvalue weighted by Crippen LogP contribution is -2.37. The van der Waals surface area contributed by atoms with Crippen molar-refractivity contribution in [1.82, 2.24) is 4.90 Å². The van der Waals surface area contributed by atoms with E-state index in [2.05, 4.69) is 34.7 Å². The first kappa shape index (κ1) is 15.6. The second-order valence-electron chi connectivity index (χ2n) is 6.07. The van der Waals surface area contributed by atoms with Crippen LogP contribution in [0.25, 0.3) is 0 Å². The standard InChI is InChI=1S/C16H24BrNO2/c1-4-16(2)5-7-18(8-6-16)11-12-9-13(17)15(19)14(10-12)20-3/h9-10,19H,4-8,11H2,1-3H3. The SMILES string of the molecule is CCC1(C)CCN(Cc2cc(Br)c(O)c(OC)c2)CC1. The maximum atomic E-state index is 9.84. The minimum atomic E-state index is 0.174. The molecular weight excluding hydrogens is 318 g/mol. The summed E-state index contributed by atoms with van der Waals surface area (Å²) in [7, 11) is 1.58. The lowest BCUT2D eigenvalue weighted by molar-refractivity contribution is 0.109. The summed E-state index contributed by atoms with van der Waals surface area (Å²) < 4.78 is 5.90. The zero-order valence-electron chi connectivity index (χ0n) is 12.6. The van der Waals surface area contributed by atoms with Crippen LogP contribution in [-0.4, -0.2) is 30.2 Å². The van der Waals surface area contributed by atoms with Crippen molar-refractivity contribution in [2.45, 2.75) is 39.7 Å². The molecule has 1 N–H and O–H groups in total. The summed E-state index contributed by atoms with van der Waals surface area (Å²) >= 11 is 3.38. The van der Waals surface area contributed by atoms with Gasteiger partial charge in [-0.2, -0.15) is 0 Å².